The summed E-state index contributed by atoms with van der Waals surface area (Å²) in [6.45, 7) is 0. The summed E-state index contributed by atoms with van der Waals surface area (Å²) in [5.74, 6) is -1.96. The number of phenols is 2. The van der Waals surface area contributed by atoms with Crippen LogP contribution in [-0.4, -0.2) is 54.0 Å². The topological polar surface area (TPSA) is 249 Å². The van der Waals surface area contributed by atoms with Gasteiger partial charge in [0, 0.05) is 44.0 Å². The molecule has 0 aliphatic heterocycles. The van der Waals surface area contributed by atoms with E-state index in [2.05, 4.69) is 21.3 Å². The monoisotopic (exact) mass is 742 g/mol. The molecule has 0 saturated carbocycles. The van der Waals surface area contributed by atoms with E-state index in [9.17, 15) is 50.5 Å². The molecule has 0 spiro atoms. The zero-order chi connectivity index (χ0) is 37.4. The fourth-order valence-corrected chi connectivity index (χ4v) is 6.95. The predicted molar refractivity (Wildman–Crippen MR) is 192 cm³/mol. The number of fused-ring (bicyclic) bond motifs is 2. The molecular formula is C35H26N4O11S2. The number of phenolic OH excluding ortho intramolecular Hbond substituents is 2. The minimum Gasteiger partial charge on any atom is -0.507 e. The summed E-state index contributed by atoms with van der Waals surface area (Å²) in [7, 11) is -9.46. The summed E-state index contributed by atoms with van der Waals surface area (Å²) >= 11 is 0. The van der Waals surface area contributed by atoms with Crippen LogP contribution in [-0.2, 0) is 20.2 Å². The van der Waals surface area contributed by atoms with Crippen molar-refractivity contribution in [3.05, 3.63) is 120 Å². The minimum atomic E-state index is -4.73. The summed E-state index contributed by atoms with van der Waals surface area (Å²) in [6, 6.07) is 23.5. The molecule has 0 heterocycles. The molecule has 6 aromatic rings. The zero-order valence-corrected chi connectivity index (χ0v) is 28.0. The van der Waals surface area contributed by atoms with Crippen molar-refractivity contribution in [3.63, 3.8) is 0 Å². The first kappa shape index (κ1) is 35.3. The Bertz CT molecular complexity index is 2500. The van der Waals surface area contributed by atoms with Gasteiger partial charge in [0.1, 0.15) is 21.3 Å². The number of amides is 4. The largest absolute Gasteiger partial charge is 0.507 e. The molecule has 0 aliphatic carbocycles. The lowest BCUT2D eigenvalue weighted by molar-refractivity contribution is 0.101. The summed E-state index contributed by atoms with van der Waals surface area (Å²) in [4.78, 5) is 38.3. The summed E-state index contributed by atoms with van der Waals surface area (Å²) in [5.41, 5.74) is 0.457. The Morgan fingerprint density at radius 1 is 0.481 bits per heavy atom. The summed E-state index contributed by atoms with van der Waals surface area (Å²) < 4.78 is 67.6. The van der Waals surface area contributed by atoms with Gasteiger partial charge in [0.05, 0.1) is 11.4 Å². The number of carbonyl (C=O) groups excluding carboxylic acids is 3. The van der Waals surface area contributed by atoms with E-state index in [0.717, 1.165) is 24.3 Å². The van der Waals surface area contributed by atoms with E-state index >= 15 is 0 Å². The average Bonchev–Trinajstić information content (AvgIpc) is 3.08. The van der Waals surface area contributed by atoms with Gasteiger partial charge in [-0.05, 0) is 72.8 Å². The highest BCUT2D eigenvalue weighted by molar-refractivity contribution is 7.86. The van der Waals surface area contributed by atoms with Crippen molar-refractivity contribution >= 4 is 82.4 Å². The number of benzene rings is 6. The van der Waals surface area contributed by atoms with Crippen molar-refractivity contribution < 1.29 is 50.5 Å². The van der Waals surface area contributed by atoms with Gasteiger partial charge in [0.25, 0.3) is 32.1 Å². The molecule has 0 unspecified atom stereocenters. The van der Waals surface area contributed by atoms with E-state index in [1.807, 2.05) is 0 Å². The Labute approximate surface area is 295 Å². The first-order valence-electron chi connectivity index (χ1n) is 15.0. The quantitative estimate of drug-likeness (QED) is 0.0834. The number of carbonyl (C=O) groups is 3. The van der Waals surface area contributed by atoms with Gasteiger partial charge < -0.3 is 31.5 Å². The highest BCUT2D eigenvalue weighted by Crippen LogP contribution is 2.37. The molecule has 4 amide bonds. The lowest BCUT2D eigenvalue weighted by Crippen LogP contribution is -2.20. The molecule has 15 nitrogen and oxygen atoms in total. The SMILES string of the molecule is O=C(Nc1cccc(C(=O)Nc2cccc3c(O)ccc(S(=O)(=O)O)c23)c1)Nc1cccc(C(=O)Nc2cccc3c(O)ccc(S(=O)(=O)O)c23)c1. The maximum absolute atomic E-state index is 13.2. The van der Waals surface area contributed by atoms with E-state index in [1.54, 1.807) is 0 Å². The van der Waals surface area contributed by atoms with E-state index < -0.39 is 47.9 Å². The fourth-order valence-electron chi connectivity index (χ4n) is 5.51. The van der Waals surface area contributed by atoms with Crippen LogP contribution < -0.4 is 21.3 Å². The van der Waals surface area contributed by atoms with Gasteiger partial charge in [0.2, 0.25) is 0 Å². The van der Waals surface area contributed by atoms with E-state index in [4.69, 9.17) is 0 Å². The van der Waals surface area contributed by atoms with Crippen LogP contribution in [0.2, 0.25) is 0 Å². The maximum atomic E-state index is 13.2. The van der Waals surface area contributed by atoms with Crippen LogP contribution in [0.3, 0.4) is 0 Å². The molecule has 0 saturated heterocycles. The molecule has 8 N–H and O–H groups in total. The maximum Gasteiger partial charge on any atom is 0.323 e. The van der Waals surface area contributed by atoms with Gasteiger partial charge in [-0.25, -0.2) is 4.79 Å². The lowest BCUT2D eigenvalue weighted by atomic mass is 10.1. The Balaban J connectivity index is 1.17. The molecule has 0 bridgehead atoms. The molecule has 6 rings (SSSR count). The van der Waals surface area contributed by atoms with Crippen LogP contribution >= 0.6 is 0 Å². The van der Waals surface area contributed by atoms with Crippen molar-refractivity contribution in [3.8, 4) is 11.5 Å². The fraction of sp³-hybridized carbons (Fsp3) is 0. The van der Waals surface area contributed by atoms with Crippen LogP contribution in [0.15, 0.2) is 119 Å². The Hall–Kier alpha value is -6.53. The van der Waals surface area contributed by atoms with Gasteiger partial charge in [-0.2, -0.15) is 16.8 Å². The smallest absolute Gasteiger partial charge is 0.323 e. The third kappa shape index (κ3) is 7.32. The number of hydrogen-bond acceptors (Lipinski definition) is 9. The third-order valence-corrected chi connectivity index (χ3v) is 9.57. The Morgan fingerprint density at radius 3 is 1.25 bits per heavy atom. The molecule has 17 heteroatoms. The Kier molecular flexibility index (Phi) is 9.26. The number of anilines is 4. The van der Waals surface area contributed by atoms with Crippen molar-refractivity contribution in [1.82, 2.24) is 0 Å². The predicted octanol–water partition coefficient (Wildman–Crippen LogP) is 6.05. The summed E-state index contributed by atoms with van der Waals surface area (Å²) in [6.07, 6.45) is 0. The third-order valence-electron chi connectivity index (χ3n) is 7.78. The normalized spacial score (nSPS) is 11.6. The number of nitrogens with one attached hydrogen (secondary N) is 4. The molecule has 0 aromatic heterocycles. The lowest BCUT2D eigenvalue weighted by Gasteiger charge is -2.14. The number of urea groups is 1. The number of aromatic hydroxyl groups is 2. The van der Waals surface area contributed by atoms with Crippen LogP contribution in [0.1, 0.15) is 20.7 Å². The second-order valence-corrected chi connectivity index (χ2v) is 14.0. The molecule has 264 valence electrons. The van der Waals surface area contributed by atoms with Crippen LogP contribution in [0.5, 0.6) is 11.5 Å². The second kappa shape index (κ2) is 13.6. The van der Waals surface area contributed by atoms with Gasteiger partial charge in [0.15, 0.2) is 0 Å². The van der Waals surface area contributed by atoms with Crippen molar-refractivity contribution in [2.75, 3.05) is 21.3 Å². The first-order valence-corrected chi connectivity index (χ1v) is 17.8. The highest BCUT2D eigenvalue weighted by Gasteiger charge is 2.22. The van der Waals surface area contributed by atoms with Crippen molar-refractivity contribution in [2.24, 2.45) is 0 Å². The first-order chi connectivity index (χ1) is 24.6. The highest BCUT2D eigenvalue weighted by atomic mass is 32.2. The van der Waals surface area contributed by atoms with Crippen LogP contribution in [0, 0.1) is 0 Å². The minimum absolute atomic E-state index is 0.0106. The standard InChI is InChI=1S/C35H26N4O11S2/c40-27-13-15-29(51(45,46)47)31-23(27)9-3-11-25(31)38-33(42)19-5-1-7-21(17-19)36-35(44)37-22-8-2-6-20(18-22)34(43)39-26-12-4-10-24-28(41)14-16-30(32(24)26)52(48,49)50/h1-18,40-41H,(H,38,42)(H,39,43)(H2,36,37,44)(H,45,46,47)(H,48,49,50). The van der Waals surface area contributed by atoms with E-state index in [-0.39, 0.29) is 66.9 Å². The second-order valence-electron chi connectivity index (χ2n) is 11.2. The average molecular weight is 743 g/mol. The van der Waals surface area contributed by atoms with E-state index in [1.165, 1.54) is 84.9 Å². The number of rotatable bonds is 8. The Morgan fingerprint density at radius 2 is 0.865 bits per heavy atom. The van der Waals surface area contributed by atoms with Crippen molar-refractivity contribution in [1.29, 1.82) is 0 Å². The zero-order valence-electron chi connectivity index (χ0n) is 26.4. The van der Waals surface area contributed by atoms with Crippen LogP contribution in [0.4, 0.5) is 27.5 Å². The molecule has 0 atom stereocenters. The van der Waals surface area contributed by atoms with Gasteiger partial charge in [-0.1, -0.05) is 36.4 Å². The van der Waals surface area contributed by atoms with Gasteiger partial charge in [-0.3, -0.25) is 18.7 Å². The van der Waals surface area contributed by atoms with Crippen molar-refractivity contribution in [2.45, 2.75) is 9.79 Å². The molecule has 0 radical (unpaired) electrons. The summed E-state index contributed by atoms with van der Waals surface area (Å²) in [5, 5.41) is 30.7. The molecule has 52 heavy (non-hydrogen) atoms. The molecule has 0 fully saturated rings. The van der Waals surface area contributed by atoms with Gasteiger partial charge >= 0.3 is 6.03 Å². The molecule has 0 aliphatic rings. The van der Waals surface area contributed by atoms with E-state index in [0.29, 0.717) is 0 Å². The van der Waals surface area contributed by atoms with Gasteiger partial charge in [-0.15, -0.1) is 0 Å². The molecule has 6 aromatic carbocycles. The van der Waals surface area contributed by atoms with Crippen LogP contribution in [0.25, 0.3) is 21.5 Å². The molecular weight excluding hydrogens is 717 g/mol. The number of hydrogen-bond donors (Lipinski definition) is 8.